The second kappa shape index (κ2) is 9.36. The van der Waals surface area contributed by atoms with Crippen molar-refractivity contribution in [2.75, 3.05) is 13.2 Å². The van der Waals surface area contributed by atoms with E-state index in [2.05, 4.69) is 5.32 Å². The third-order valence-corrected chi connectivity index (χ3v) is 3.68. The minimum Gasteiger partial charge on any atom is -0.481 e. The number of amides is 1. The van der Waals surface area contributed by atoms with Crippen LogP contribution in [0.25, 0.3) is 11.1 Å². The molecule has 136 valence electrons. The molecule has 0 unspecified atom stereocenters. The van der Waals surface area contributed by atoms with Crippen molar-refractivity contribution in [3.8, 4) is 11.1 Å². The molecular formula is C20H21NO5. The first-order chi connectivity index (χ1) is 12.5. The fourth-order valence-corrected chi connectivity index (χ4v) is 2.34. The maximum Gasteiger partial charge on any atom is 0.407 e. The van der Waals surface area contributed by atoms with Crippen LogP contribution < -0.4 is 5.32 Å². The maximum atomic E-state index is 12.1. The fraction of sp³-hybridized carbons (Fsp3) is 0.250. The van der Waals surface area contributed by atoms with Gasteiger partial charge in [-0.1, -0.05) is 55.5 Å². The molecule has 0 spiro atoms. The summed E-state index contributed by atoms with van der Waals surface area (Å²) in [7, 11) is 0. The summed E-state index contributed by atoms with van der Waals surface area (Å²) in [5.41, 5.74) is 3.07. The molecule has 6 heteroatoms. The standard InChI is InChI=1S/C20H21NO5/c1-2-11-26-20(25)21-13-18(22)17-9-7-16(8-10-17)15-5-3-14(4-6-15)12-19(23)24/h3-10H,2,11-13H2,1H3,(H,21,25)(H,23,24). The van der Waals surface area contributed by atoms with Crippen molar-refractivity contribution in [1.82, 2.24) is 5.32 Å². The summed E-state index contributed by atoms with van der Waals surface area (Å²) in [6.07, 6.45) is 0.111. The Balaban J connectivity index is 1.95. The third-order valence-electron chi connectivity index (χ3n) is 3.68. The molecule has 1 amide bonds. The summed E-state index contributed by atoms with van der Waals surface area (Å²) >= 11 is 0. The molecule has 0 saturated carbocycles. The second-order valence-electron chi connectivity index (χ2n) is 5.76. The number of alkyl carbamates (subject to hydrolysis) is 1. The van der Waals surface area contributed by atoms with Crippen molar-refractivity contribution in [1.29, 1.82) is 0 Å². The van der Waals surface area contributed by atoms with Crippen LogP contribution >= 0.6 is 0 Å². The van der Waals surface area contributed by atoms with E-state index in [4.69, 9.17) is 9.84 Å². The van der Waals surface area contributed by atoms with Crippen LogP contribution in [0.5, 0.6) is 0 Å². The number of nitrogens with one attached hydrogen (secondary N) is 1. The van der Waals surface area contributed by atoms with Crippen LogP contribution in [0, 0.1) is 0 Å². The molecule has 0 aromatic heterocycles. The molecular weight excluding hydrogens is 334 g/mol. The number of ether oxygens (including phenoxy) is 1. The van der Waals surface area contributed by atoms with Crippen LogP contribution in [0.3, 0.4) is 0 Å². The molecule has 2 N–H and O–H groups in total. The third kappa shape index (κ3) is 5.73. The molecule has 0 heterocycles. The van der Waals surface area contributed by atoms with Crippen LogP contribution in [0.1, 0.15) is 29.3 Å². The lowest BCUT2D eigenvalue weighted by Crippen LogP contribution is -2.30. The highest BCUT2D eigenvalue weighted by Gasteiger charge is 2.09. The number of aliphatic carboxylic acids is 1. The number of hydrogen-bond donors (Lipinski definition) is 2. The van der Waals surface area contributed by atoms with Gasteiger partial charge in [-0.15, -0.1) is 0 Å². The van der Waals surface area contributed by atoms with Gasteiger partial charge in [0, 0.05) is 5.56 Å². The number of rotatable bonds is 8. The van der Waals surface area contributed by atoms with Gasteiger partial charge in [-0.3, -0.25) is 9.59 Å². The molecule has 26 heavy (non-hydrogen) atoms. The van der Waals surface area contributed by atoms with Crippen molar-refractivity contribution >= 4 is 17.8 Å². The fourth-order valence-electron chi connectivity index (χ4n) is 2.34. The number of benzene rings is 2. The number of carboxylic acid groups (broad SMARTS) is 1. The van der Waals surface area contributed by atoms with E-state index in [-0.39, 0.29) is 18.7 Å². The first-order valence-electron chi connectivity index (χ1n) is 8.34. The number of carbonyl (C=O) groups is 3. The Morgan fingerprint density at radius 2 is 1.54 bits per heavy atom. The normalized spacial score (nSPS) is 10.2. The molecule has 0 aliphatic carbocycles. The topological polar surface area (TPSA) is 92.7 Å². The van der Waals surface area contributed by atoms with E-state index in [9.17, 15) is 14.4 Å². The Bertz CT molecular complexity index is 766. The van der Waals surface area contributed by atoms with E-state index in [0.29, 0.717) is 12.2 Å². The van der Waals surface area contributed by atoms with E-state index >= 15 is 0 Å². The number of Topliss-reactive ketones (excluding diaryl/α,β-unsaturated/α-hetero) is 1. The average Bonchev–Trinajstić information content (AvgIpc) is 2.64. The summed E-state index contributed by atoms with van der Waals surface area (Å²) in [5.74, 6) is -1.07. The highest BCUT2D eigenvalue weighted by Crippen LogP contribution is 2.20. The predicted molar refractivity (Wildman–Crippen MR) is 97.2 cm³/mol. The zero-order valence-electron chi connectivity index (χ0n) is 14.5. The van der Waals surface area contributed by atoms with Gasteiger partial charge in [-0.2, -0.15) is 0 Å². The minimum atomic E-state index is -0.868. The highest BCUT2D eigenvalue weighted by molar-refractivity contribution is 5.99. The maximum absolute atomic E-state index is 12.1. The van der Waals surface area contributed by atoms with E-state index in [1.165, 1.54) is 0 Å². The highest BCUT2D eigenvalue weighted by atomic mass is 16.5. The Labute approximate surface area is 151 Å². The number of carbonyl (C=O) groups excluding carboxylic acids is 2. The largest absolute Gasteiger partial charge is 0.481 e. The Kier molecular flexibility index (Phi) is 6.91. The summed E-state index contributed by atoms with van der Waals surface area (Å²) in [4.78, 5) is 34.1. The van der Waals surface area contributed by atoms with E-state index in [0.717, 1.165) is 23.1 Å². The molecule has 0 aliphatic rings. The van der Waals surface area contributed by atoms with Gasteiger partial charge in [0.25, 0.3) is 0 Å². The monoisotopic (exact) mass is 355 g/mol. The van der Waals surface area contributed by atoms with Crippen LogP contribution in [0.2, 0.25) is 0 Å². The number of carboxylic acids is 1. The zero-order valence-corrected chi connectivity index (χ0v) is 14.5. The molecule has 0 bridgehead atoms. The van der Waals surface area contributed by atoms with Crippen molar-refractivity contribution < 1.29 is 24.2 Å². The average molecular weight is 355 g/mol. The van der Waals surface area contributed by atoms with Crippen molar-refractivity contribution in [3.63, 3.8) is 0 Å². The quantitative estimate of drug-likeness (QED) is 0.709. The van der Waals surface area contributed by atoms with Gasteiger partial charge in [-0.25, -0.2) is 4.79 Å². The summed E-state index contributed by atoms with van der Waals surface area (Å²) in [6.45, 7) is 2.09. The first kappa shape index (κ1) is 19.2. The lowest BCUT2D eigenvalue weighted by molar-refractivity contribution is -0.136. The van der Waals surface area contributed by atoms with Crippen molar-refractivity contribution in [3.05, 3.63) is 59.7 Å². The van der Waals surface area contributed by atoms with Crippen LogP contribution in [0.15, 0.2) is 48.5 Å². The molecule has 2 aromatic carbocycles. The molecule has 2 rings (SSSR count). The molecule has 0 aliphatic heterocycles. The molecule has 2 aromatic rings. The summed E-state index contributed by atoms with van der Waals surface area (Å²) in [6, 6.07) is 14.3. The second-order valence-corrected chi connectivity index (χ2v) is 5.76. The van der Waals surface area contributed by atoms with E-state index < -0.39 is 12.1 Å². The Morgan fingerprint density at radius 1 is 0.962 bits per heavy atom. The zero-order chi connectivity index (χ0) is 18.9. The summed E-state index contributed by atoms with van der Waals surface area (Å²) < 4.78 is 4.85. The van der Waals surface area contributed by atoms with Crippen LogP contribution in [-0.2, 0) is 16.0 Å². The lowest BCUT2D eigenvalue weighted by atomic mass is 10.0. The number of hydrogen-bond acceptors (Lipinski definition) is 4. The van der Waals surface area contributed by atoms with Gasteiger partial charge >= 0.3 is 12.1 Å². The molecule has 6 nitrogen and oxygen atoms in total. The van der Waals surface area contributed by atoms with Gasteiger partial charge in [0.15, 0.2) is 5.78 Å². The van der Waals surface area contributed by atoms with E-state index in [1.54, 1.807) is 24.3 Å². The van der Waals surface area contributed by atoms with Gasteiger partial charge in [0.05, 0.1) is 19.6 Å². The van der Waals surface area contributed by atoms with Crippen molar-refractivity contribution in [2.24, 2.45) is 0 Å². The first-order valence-corrected chi connectivity index (χ1v) is 8.34. The molecule has 0 saturated heterocycles. The lowest BCUT2D eigenvalue weighted by Gasteiger charge is -2.07. The SMILES string of the molecule is CCCOC(=O)NCC(=O)c1ccc(-c2ccc(CC(=O)O)cc2)cc1. The van der Waals surface area contributed by atoms with Gasteiger partial charge < -0.3 is 15.2 Å². The van der Waals surface area contributed by atoms with Gasteiger partial charge in [0.2, 0.25) is 0 Å². The van der Waals surface area contributed by atoms with Gasteiger partial charge in [0.1, 0.15) is 0 Å². The van der Waals surface area contributed by atoms with Crippen molar-refractivity contribution in [2.45, 2.75) is 19.8 Å². The smallest absolute Gasteiger partial charge is 0.407 e. The van der Waals surface area contributed by atoms with Gasteiger partial charge in [-0.05, 0) is 23.1 Å². The molecule has 0 fully saturated rings. The Morgan fingerprint density at radius 3 is 2.08 bits per heavy atom. The Hall–Kier alpha value is -3.15. The molecule has 0 atom stereocenters. The predicted octanol–water partition coefficient (Wildman–Crippen LogP) is 3.30. The summed E-state index contributed by atoms with van der Waals surface area (Å²) in [5, 5.41) is 11.2. The minimum absolute atomic E-state index is 0.0125. The number of ketones is 1. The van der Waals surface area contributed by atoms with Crippen LogP contribution in [0.4, 0.5) is 4.79 Å². The molecule has 0 radical (unpaired) electrons. The van der Waals surface area contributed by atoms with E-state index in [1.807, 2.05) is 31.2 Å². The van der Waals surface area contributed by atoms with Crippen LogP contribution in [-0.4, -0.2) is 36.1 Å².